The summed E-state index contributed by atoms with van der Waals surface area (Å²) in [5, 5.41) is 8.76. The molecule has 2 aromatic carbocycles. The van der Waals surface area contributed by atoms with Gasteiger partial charge in [0.15, 0.2) is 13.2 Å². The summed E-state index contributed by atoms with van der Waals surface area (Å²) in [5.74, 6) is 0.281. The van der Waals surface area contributed by atoms with Crippen molar-refractivity contribution >= 4 is 17.6 Å². The van der Waals surface area contributed by atoms with Crippen LogP contribution in [-0.2, 0) is 20.7 Å². The average Bonchev–Trinajstić information content (AvgIpc) is 2.75. The Bertz CT molecular complexity index is 902. The van der Waals surface area contributed by atoms with E-state index >= 15 is 0 Å². The topological polar surface area (TPSA) is 88.9 Å². The summed E-state index contributed by atoms with van der Waals surface area (Å²) >= 11 is 0. The SMILES string of the molecule is COc1ccc2c(c1)CCCN2C(=O)COC(=O)COc1ccc(C#N)cc1. The number of ether oxygens (including phenoxy) is 3. The maximum atomic E-state index is 12.5. The van der Waals surface area contributed by atoms with Gasteiger partial charge >= 0.3 is 5.97 Å². The van der Waals surface area contributed by atoms with Crippen molar-refractivity contribution in [1.29, 1.82) is 5.26 Å². The predicted molar refractivity (Wildman–Crippen MR) is 101 cm³/mol. The summed E-state index contributed by atoms with van der Waals surface area (Å²) in [6.07, 6.45) is 1.70. The number of nitrogens with zero attached hydrogens (tertiary/aromatic N) is 2. The number of benzene rings is 2. The van der Waals surface area contributed by atoms with E-state index in [1.165, 1.54) is 0 Å². The third-order valence-corrected chi connectivity index (χ3v) is 4.40. The van der Waals surface area contributed by atoms with Crippen molar-refractivity contribution in [2.75, 3.05) is 31.8 Å². The Hall–Kier alpha value is -3.53. The molecule has 3 rings (SSSR count). The van der Waals surface area contributed by atoms with Gasteiger partial charge in [0.05, 0.1) is 18.7 Å². The number of hydrogen-bond acceptors (Lipinski definition) is 6. The smallest absolute Gasteiger partial charge is 0.344 e. The molecule has 7 nitrogen and oxygen atoms in total. The third kappa shape index (κ3) is 4.60. The molecule has 2 aromatic rings. The van der Waals surface area contributed by atoms with Crippen molar-refractivity contribution in [2.24, 2.45) is 0 Å². The molecule has 0 spiro atoms. The summed E-state index contributed by atoms with van der Waals surface area (Å²) < 4.78 is 15.6. The van der Waals surface area contributed by atoms with Crippen LogP contribution in [0.2, 0.25) is 0 Å². The minimum Gasteiger partial charge on any atom is -0.497 e. The van der Waals surface area contributed by atoms with Crippen molar-refractivity contribution in [1.82, 2.24) is 0 Å². The van der Waals surface area contributed by atoms with Crippen LogP contribution >= 0.6 is 0 Å². The lowest BCUT2D eigenvalue weighted by atomic mass is 10.0. The van der Waals surface area contributed by atoms with Gasteiger partial charge in [0, 0.05) is 12.2 Å². The van der Waals surface area contributed by atoms with E-state index in [1.807, 2.05) is 24.3 Å². The summed E-state index contributed by atoms with van der Waals surface area (Å²) in [6, 6.07) is 13.9. The van der Waals surface area contributed by atoms with Crippen LogP contribution in [0.4, 0.5) is 5.69 Å². The number of nitriles is 1. The lowest BCUT2D eigenvalue weighted by molar-refractivity contribution is -0.149. The molecule has 0 aliphatic carbocycles. The number of esters is 1. The Morgan fingerprint density at radius 3 is 2.57 bits per heavy atom. The van der Waals surface area contributed by atoms with E-state index in [9.17, 15) is 9.59 Å². The molecule has 1 heterocycles. The zero-order valence-electron chi connectivity index (χ0n) is 15.5. The van der Waals surface area contributed by atoms with Crippen LogP contribution in [-0.4, -0.2) is 38.7 Å². The third-order valence-electron chi connectivity index (χ3n) is 4.40. The molecule has 1 amide bonds. The number of fused-ring (bicyclic) bond motifs is 1. The first-order chi connectivity index (χ1) is 13.6. The number of rotatable bonds is 6. The van der Waals surface area contributed by atoms with E-state index in [0.29, 0.717) is 17.9 Å². The van der Waals surface area contributed by atoms with Crippen molar-refractivity contribution in [3.8, 4) is 17.6 Å². The quantitative estimate of drug-likeness (QED) is 0.716. The Kier molecular flexibility index (Phi) is 6.12. The molecule has 0 aromatic heterocycles. The number of carbonyl (C=O) groups excluding carboxylic acids is 2. The summed E-state index contributed by atoms with van der Waals surface area (Å²) in [6.45, 7) is -0.0779. The van der Waals surface area contributed by atoms with Crippen LogP contribution < -0.4 is 14.4 Å². The van der Waals surface area contributed by atoms with E-state index in [4.69, 9.17) is 19.5 Å². The van der Waals surface area contributed by atoms with Gasteiger partial charge in [-0.25, -0.2) is 4.79 Å². The predicted octanol–water partition coefficient (Wildman–Crippen LogP) is 2.47. The lowest BCUT2D eigenvalue weighted by Gasteiger charge is -2.29. The molecule has 0 saturated heterocycles. The number of aryl methyl sites for hydroxylation is 1. The minimum absolute atomic E-state index is 0.280. The van der Waals surface area contributed by atoms with Crippen LogP contribution in [0.1, 0.15) is 17.5 Å². The number of carbonyl (C=O) groups is 2. The molecule has 0 atom stereocenters. The van der Waals surface area contributed by atoms with E-state index in [2.05, 4.69) is 0 Å². The molecule has 0 saturated carbocycles. The van der Waals surface area contributed by atoms with Crippen molar-refractivity contribution < 1.29 is 23.8 Å². The van der Waals surface area contributed by atoms with Gasteiger partial charge in [0.2, 0.25) is 0 Å². The van der Waals surface area contributed by atoms with Crippen LogP contribution in [0.25, 0.3) is 0 Å². The minimum atomic E-state index is -0.635. The second-order valence-corrected chi connectivity index (χ2v) is 6.23. The van der Waals surface area contributed by atoms with Crippen LogP contribution in [0, 0.1) is 11.3 Å². The van der Waals surface area contributed by atoms with Gasteiger partial charge < -0.3 is 19.1 Å². The zero-order chi connectivity index (χ0) is 19.9. The van der Waals surface area contributed by atoms with Crippen molar-refractivity contribution in [2.45, 2.75) is 12.8 Å². The molecule has 0 N–H and O–H groups in total. The molecule has 0 unspecified atom stereocenters. The normalized spacial score (nSPS) is 12.5. The Morgan fingerprint density at radius 2 is 1.86 bits per heavy atom. The number of methoxy groups -OCH3 is 1. The number of amides is 1. The fourth-order valence-electron chi connectivity index (χ4n) is 2.99. The standard InChI is InChI=1S/C21H20N2O5/c1-26-18-8-9-19-16(11-18)3-2-10-23(19)20(24)13-28-21(25)14-27-17-6-4-15(12-22)5-7-17/h4-9,11H,2-3,10,13-14H2,1H3. The lowest BCUT2D eigenvalue weighted by Crippen LogP contribution is -2.38. The molecule has 144 valence electrons. The summed E-state index contributed by atoms with van der Waals surface area (Å²) in [7, 11) is 1.60. The van der Waals surface area contributed by atoms with Gasteiger partial charge in [-0.2, -0.15) is 5.26 Å². The molecule has 28 heavy (non-hydrogen) atoms. The monoisotopic (exact) mass is 380 g/mol. The first-order valence-electron chi connectivity index (χ1n) is 8.86. The van der Waals surface area contributed by atoms with Gasteiger partial charge in [0.1, 0.15) is 11.5 Å². The van der Waals surface area contributed by atoms with E-state index < -0.39 is 5.97 Å². The fourth-order valence-corrected chi connectivity index (χ4v) is 2.99. The van der Waals surface area contributed by atoms with Gasteiger partial charge in [-0.3, -0.25) is 4.79 Å². The van der Waals surface area contributed by atoms with Crippen LogP contribution in [0.3, 0.4) is 0 Å². The maximum absolute atomic E-state index is 12.5. The Morgan fingerprint density at radius 1 is 1.11 bits per heavy atom. The second-order valence-electron chi connectivity index (χ2n) is 6.23. The molecule has 0 bridgehead atoms. The van der Waals surface area contributed by atoms with Crippen LogP contribution in [0.5, 0.6) is 11.5 Å². The zero-order valence-corrected chi connectivity index (χ0v) is 15.5. The first kappa shape index (κ1) is 19.2. The molecule has 0 fully saturated rings. The summed E-state index contributed by atoms with van der Waals surface area (Å²) in [5.41, 5.74) is 2.36. The highest BCUT2D eigenvalue weighted by Crippen LogP contribution is 2.30. The number of hydrogen-bond donors (Lipinski definition) is 0. The van der Waals surface area contributed by atoms with Gasteiger partial charge in [-0.15, -0.1) is 0 Å². The number of anilines is 1. The maximum Gasteiger partial charge on any atom is 0.344 e. The fraction of sp³-hybridized carbons (Fsp3) is 0.286. The Labute approximate surface area is 163 Å². The second kappa shape index (κ2) is 8.91. The van der Waals surface area contributed by atoms with Crippen LogP contribution in [0.15, 0.2) is 42.5 Å². The van der Waals surface area contributed by atoms with E-state index in [1.54, 1.807) is 36.3 Å². The highest BCUT2D eigenvalue weighted by molar-refractivity contribution is 5.96. The van der Waals surface area contributed by atoms with Crippen molar-refractivity contribution in [3.05, 3.63) is 53.6 Å². The Balaban J connectivity index is 1.51. The summed E-state index contributed by atoms with van der Waals surface area (Å²) in [4.78, 5) is 26.0. The largest absolute Gasteiger partial charge is 0.497 e. The average molecular weight is 380 g/mol. The molecular formula is C21H20N2O5. The molecule has 7 heteroatoms. The van der Waals surface area contributed by atoms with Gasteiger partial charge in [-0.05, 0) is 60.9 Å². The highest BCUT2D eigenvalue weighted by Gasteiger charge is 2.23. The molecular weight excluding hydrogens is 360 g/mol. The molecule has 1 aliphatic rings. The van der Waals surface area contributed by atoms with Gasteiger partial charge in [-0.1, -0.05) is 0 Å². The highest BCUT2D eigenvalue weighted by atomic mass is 16.6. The van der Waals surface area contributed by atoms with E-state index in [0.717, 1.165) is 29.8 Å². The molecule has 0 radical (unpaired) electrons. The van der Waals surface area contributed by atoms with E-state index in [-0.39, 0.29) is 19.1 Å². The van der Waals surface area contributed by atoms with Crippen molar-refractivity contribution in [3.63, 3.8) is 0 Å². The van der Waals surface area contributed by atoms with Gasteiger partial charge in [0.25, 0.3) is 5.91 Å². The first-order valence-corrected chi connectivity index (χ1v) is 8.86. The molecule has 1 aliphatic heterocycles.